The summed E-state index contributed by atoms with van der Waals surface area (Å²) < 4.78 is 10.2. The monoisotopic (exact) mass is 423 g/mol. The molecule has 0 unspecified atom stereocenters. The second kappa shape index (κ2) is 6.77. The standard InChI is InChI=1S/C23H22ClN3O3/c1-15-5-7-17(21(28)25(15)2)22(29)26-12-9-23(10-13-26)20-4-3-11-27(20)18-8-6-16(24)14-19(18)30-23/h3-8,11,14H,9-10,12-13H2,1-2H3. The summed E-state index contributed by atoms with van der Waals surface area (Å²) in [6, 6.07) is 13.2. The highest BCUT2D eigenvalue weighted by atomic mass is 35.5. The van der Waals surface area contributed by atoms with E-state index in [0.29, 0.717) is 31.0 Å². The van der Waals surface area contributed by atoms with E-state index in [1.807, 2.05) is 37.4 Å². The molecule has 30 heavy (non-hydrogen) atoms. The second-order valence-electron chi connectivity index (χ2n) is 8.02. The second-order valence-corrected chi connectivity index (χ2v) is 8.45. The molecule has 0 N–H and O–H groups in total. The van der Waals surface area contributed by atoms with Gasteiger partial charge in [-0.3, -0.25) is 9.59 Å². The molecule has 1 spiro atoms. The van der Waals surface area contributed by atoms with Crippen LogP contribution in [0.5, 0.6) is 5.75 Å². The Morgan fingerprint density at radius 1 is 1.13 bits per heavy atom. The van der Waals surface area contributed by atoms with Crippen LogP contribution in [0, 0.1) is 6.92 Å². The largest absolute Gasteiger partial charge is 0.479 e. The number of aryl methyl sites for hydroxylation is 1. The molecular formula is C23H22ClN3O3. The summed E-state index contributed by atoms with van der Waals surface area (Å²) >= 11 is 6.20. The van der Waals surface area contributed by atoms with Crippen molar-refractivity contribution in [3.05, 3.63) is 81.0 Å². The lowest BCUT2D eigenvalue weighted by atomic mass is 9.86. The fraction of sp³-hybridized carbons (Fsp3) is 0.304. The van der Waals surface area contributed by atoms with Gasteiger partial charge in [-0.2, -0.15) is 0 Å². The lowest BCUT2D eigenvalue weighted by Gasteiger charge is -2.45. The van der Waals surface area contributed by atoms with Crippen molar-refractivity contribution in [1.82, 2.24) is 14.0 Å². The van der Waals surface area contributed by atoms with Gasteiger partial charge in [0.05, 0.1) is 11.4 Å². The SMILES string of the molecule is Cc1ccc(C(=O)N2CCC3(CC2)Oc2cc(Cl)ccc2-n2cccc23)c(=O)n1C. The van der Waals surface area contributed by atoms with Crippen LogP contribution < -0.4 is 10.3 Å². The van der Waals surface area contributed by atoms with Crippen LogP contribution in [0.15, 0.2) is 53.5 Å². The Labute approximate surface area is 179 Å². The predicted octanol–water partition coefficient (Wildman–Crippen LogP) is 3.66. The molecular weight excluding hydrogens is 402 g/mol. The van der Waals surface area contributed by atoms with Crippen LogP contribution in [0.3, 0.4) is 0 Å². The maximum atomic E-state index is 13.0. The summed E-state index contributed by atoms with van der Waals surface area (Å²) in [5.74, 6) is 0.526. The van der Waals surface area contributed by atoms with Gasteiger partial charge < -0.3 is 18.8 Å². The molecule has 5 rings (SSSR count). The number of aromatic nitrogens is 2. The molecule has 7 heteroatoms. The minimum absolute atomic E-state index is 0.212. The first-order valence-electron chi connectivity index (χ1n) is 10.0. The van der Waals surface area contributed by atoms with Crippen molar-refractivity contribution in [1.29, 1.82) is 0 Å². The summed E-state index contributed by atoms with van der Waals surface area (Å²) in [5, 5.41) is 0.627. The van der Waals surface area contributed by atoms with Crippen LogP contribution in [-0.2, 0) is 12.6 Å². The Kier molecular flexibility index (Phi) is 4.29. The third-order valence-corrected chi connectivity index (χ3v) is 6.58. The molecule has 3 aromatic rings. The number of halogens is 1. The van der Waals surface area contributed by atoms with Gasteiger partial charge in [0.15, 0.2) is 5.60 Å². The highest BCUT2D eigenvalue weighted by molar-refractivity contribution is 6.30. The number of nitrogens with zero attached hydrogens (tertiary/aromatic N) is 3. The quantitative estimate of drug-likeness (QED) is 0.600. The van der Waals surface area contributed by atoms with Crippen LogP contribution in [0.25, 0.3) is 5.69 Å². The summed E-state index contributed by atoms with van der Waals surface area (Å²) in [6.07, 6.45) is 3.31. The van der Waals surface area contributed by atoms with Gasteiger partial charge in [0.1, 0.15) is 11.3 Å². The van der Waals surface area contributed by atoms with Crippen LogP contribution in [-0.4, -0.2) is 33.0 Å². The Morgan fingerprint density at radius 2 is 1.90 bits per heavy atom. The summed E-state index contributed by atoms with van der Waals surface area (Å²) in [7, 11) is 1.69. The molecule has 2 aliphatic rings. The number of likely N-dealkylation sites (tertiary alicyclic amines) is 1. The fourth-order valence-electron chi connectivity index (χ4n) is 4.48. The van der Waals surface area contributed by atoms with Crippen LogP contribution in [0.1, 0.15) is 34.6 Å². The Morgan fingerprint density at radius 3 is 2.67 bits per heavy atom. The molecule has 4 heterocycles. The Bertz CT molecular complexity index is 1220. The minimum Gasteiger partial charge on any atom is -0.479 e. The van der Waals surface area contributed by atoms with E-state index in [1.54, 1.807) is 24.1 Å². The number of hydrogen-bond acceptors (Lipinski definition) is 3. The summed E-state index contributed by atoms with van der Waals surface area (Å²) in [4.78, 5) is 27.3. The number of rotatable bonds is 1. The van der Waals surface area contributed by atoms with E-state index in [-0.39, 0.29) is 17.0 Å². The van der Waals surface area contributed by atoms with Crippen molar-refractivity contribution in [2.24, 2.45) is 7.05 Å². The van der Waals surface area contributed by atoms with Gasteiger partial charge >= 0.3 is 0 Å². The Hall–Kier alpha value is -2.99. The molecule has 2 aromatic heterocycles. The van der Waals surface area contributed by atoms with Gasteiger partial charge in [-0.05, 0) is 43.3 Å². The van der Waals surface area contributed by atoms with Crippen molar-refractivity contribution in [3.8, 4) is 11.4 Å². The number of ether oxygens (including phenoxy) is 1. The number of carbonyl (C=O) groups excluding carboxylic acids is 1. The first kappa shape index (κ1) is 19.0. The minimum atomic E-state index is -0.518. The maximum absolute atomic E-state index is 13.0. The number of amides is 1. The van der Waals surface area contributed by atoms with Gasteiger partial charge in [0.2, 0.25) is 0 Å². The molecule has 1 fully saturated rings. The van der Waals surface area contributed by atoms with Gasteiger partial charge in [-0.15, -0.1) is 0 Å². The van der Waals surface area contributed by atoms with E-state index in [0.717, 1.165) is 22.8 Å². The normalized spacial score (nSPS) is 16.7. The molecule has 0 radical (unpaired) electrons. The molecule has 154 valence electrons. The zero-order valence-electron chi connectivity index (χ0n) is 16.9. The highest BCUT2D eigenvalue weighted by Crippen LogP contribution is 2.45. The molecule has 1 saturated heterocycles. The summed E-state index contributed by atoms with van der Waals surface area (Å²) in [6.45, 7) is 2.87. The van der Waals surface area contributed by atoms with E-state index in [2.05, 4.69) is 10.6 Å². The zero-order chi connectivity index (χ0) is 21.0. The van der Waals surface area contributed by atoms with E-state index in [1.165, 1.54) is 4.57 Å². The van der Waals surface area contributed by atoms with Gasteiger partial charge in [-0.25, -0.2) is 0 Å². The number of pyridine rings is 1. The van der Waals surface area contributed by atoms with Crippen LogP contribution >= 0.6 is 11.6 Å². The molecule has 2 aliphatic heterocycles. The van der Waals surface area contributed by atoms with E-state index in [9.17, 15) is 9.59 Å². The number of fused-ring (bicyclic) bond motifs is 4. The maximum Gasteiger partial charge on any atom is 0.263 e. The van der Waals surface area contributed by atoms with Crippen LogP contribution in [0.2, 0.25) is 5.02 Å². The van der Waals surface area contributed by atoms with Crippen molar-refractivity contribution >= 4 is 17.5 Å². The molecule has 0 bridgehead atoms. The average molecular weight is 424 g/mol. The van der Waals surface area contributed by atoms with Crippen molar-refractivity contribution in [2.75, 3.05) is 13.1 Å². The number of benzene rings is 1. The smallest absolute Gasteiger partial charge is 0.263 e. The lowest BCUT2D eigenvalue weighted by molar-refractivity contribution is -0.00935. The molecule has 0 atom stereocenters. The van der Waals surface area contributed by atoms with E-state index < -0.39 is 5.60 Å². The third kappa shape index (κ3) is 2.78. The van der Waals surface area contributed by atoms with Gasteiger partial charge in [0.25, 0.3) is 11.5 Å². The van der Waals surface area contributed by atoms with E-state index in [4.69, 9.17) is 16.3 Å². The first-order chi connectivity index (χ1) is 14.4. The fourth-order valence-corrected chi connectivity index (χ4v) is 4.65. The van der Waals surface area contributed by atoms with Crippen molar-refractivity contribution in [3.63, 3.8) is 0 Å². The van der Waals surface area contributed by atoms with Crippen molar-refractivity contribution < 1.29 is 9.53 Å². The predicted molar refractivity (Wildman–Crippen MR) is 115 cm³/mol. The number of piperidine rings is 1. The topological polar surface area (TPSA) is 56.5 Å². The zero-order valence-corrected chi connectivity index (χ0v) is 17.6. The molecule has 1 aromatic carbocycles. The average Bonchev–Trinajstić information content (AvgIpc) is 3.23. The molecule has 0 aliphatic carbocycles. The van der Waals surface area contributed by atoms with Crippen LogP contribution in [0.4, 0.5) is 0 Å². The van der Waals surface area contributed by atoms with Gasteiger partial charge in [-0.1, -0.05) is 11.6 Å². The number of hydrogen-bond donors (Lipinski definition) is 0. The number of carbonyl (C=O) groups is 1. The summed E-state index contributed by atoms with van der Waals surface area (Å²) in [5.41, 5.74) is 2.30. The molecule has 1 amide bonds. The Balaban J connectivity index is 1.43. The third-order valence-electron chi connectivity index (χ3n) is 6.35. The van der Waals surface area contributed by atoms with Crippen molar-refractivity contribution in [2.45, 2.75) is 25.4 Å². The highest BCUT2D eigenvalue weighted by Gasteiger charge is 2.44. The van der Waals surface area contributed by atoms with E-state index >= 15 is 0 Å². The molecule has 6 nitrogen and oxygen atoms in total. The molecule has 0 saturated carbocycles. The van der Waals surface area contributed by atoms with Gasteiger partial charge in [0, 0.05) is 56.0 Å². The first-order valence-corrected chi connectivity index (χ1v) is 10.4. The lowest BCUT2D eigenvalue weighted by Crippen LogP contribution is -2.50.